The van der Waals surface area contributed by atoms with Gasteiger partial charge in [0.05, 0.1) is 16.6 Å². The van der Waals surface area contributed by atoms with Gasteiger partial charge < -0.3 is 4.98 Å². The third-order valence-electron chi connectivity index (χ3n) is 3.48. The highest BCUT2D eigenvalue weighted by Crippen LogP contribution is 2.28. The molecule has 0 bridgehead atoms. The number of imidazole rings is 1. The minimum Gasteiger partial charge on any atom is -0.338 e. The Morgan fingerprint density at radius 3 is 2.70 bits per heavy atom. The molecule has 1 N–H and O–H groups in total. The van der Waals surface area contributed by atoms with Gasteiger partial charge in [-0.05, 0) is 42.7 Å². The van der Waals surface area contributed by atoms with Gasteiger partial charge in [-0.2, -0.15) is 0 Å². The summed E-state index contributed by atoms with van der Waals surface area (Å²) < 4.78 is 28.0. The number of hydrogen-bond acceptors (Lipinski definition) is 1. The van der Waals surface area contributed by atoms with Gasteiger partial charge in [0.15, 0.2) is 0 Å². The van der Waals surface area contributed by atoms with E-state index in [0.29, 0.717) is 11.1 Å². The number of benzene rings is 2. The summed E-state index contributed by atoms with van der Waals surface area (Å²) in [4.78, 5) is 7.29. The van der Waals surface area contributed by atoms with Crippen LogP contribution in [0.2, 0.25) is 0 Å². The Kier molecular flexibility index (Phi) is 3.01. The summed E-state index contributed by atoms with van der Waals surface area (Å²) in [5.41, 5.74) is 2.95. The third-order valence-corrected chi connectivity index (χ3v) is 3.48. The molecule has 0 amide bonds. The first kappa shape index (κ1) is 12.8. The highest BCUT2D eigenvalue weighted by molar-refractivity contribution is 5.80. The molecule has 102 valence electrons. The van der Waals surface area contributed by atoms with E-state index in [1.165, 1.54) is 12.1 Å². The normalized spacial score (nSPS) is 11.2. The lowest BCUT2D eigenvalue weighted by atomic mass is 10.1. The number of aromatic nitrogens is 2. The van der Waals surface area contributed by atoms with Crippen molar-refractivity contribution in [2.45, 2.75) is 20.3 Å². The average molecular weight is 272 g/mol. The van der Waals surface area contributed by atoms with Crippen LogP contribution in [0.4, 0.5) is 8.78 Å². The second kappa shape index (κ2) is 4.71. The van der Waals surface area contributed by atoms with Gasteiger partial charge >= 0.3 is 0 Å². The molecule has 2 nitrogen and oxygen atoms in total. The molecule has 1 heterocycles. The number of H-pyrrole nitrogens is 1. The molecule has 0 unspecified atom stereocenters. The van der Waals surface area contributed by atoms with Gasteiger partial charge in [-0.25, -0.2) is 13.8 Å². The van der Waals surface area contributed by atoms with Crippen molar-refractivity contribution in [3.63, 3.8) is 0 Å². The zero-order chi connectivity index (χ0) is 14.3. The van der Waals surface area contributed by atoms with E-state index in [-0.39, 0.29) is 11.4 Å². The van der Waals surface area contributed by atoms with Gasteiger partial charge in [0.1, 0.15) is 17.5 Å². The van der Waals surface area contributed by atoms with Gasteiger partial charge in [-0.1, -0.05) is 19.1 Å². The van der Waals surface area contributed by atoms with Crippen molar-refractivity contribution in [1.29, 1.82) is 0 Å². The summed E-state index contributed by atoms with van der Waals surface area (Å²) >= 11 is 0. The summed E-state index contributed by atoms with van der Waals surface area (Å²) in [6.45, 7) is 3.66. The minimum absolute atomic E-state index is 0.0979. The van der Waals surface area contributed by atoms with E-state index in [1.54, 1.807) is 6.92 Å². The summed E-state index contributed by atoms with van der Waals surface area (Å²) in [5.74, 6) is -0.949. The molecule has 0 aliphatic carbocycles. The van der Waals surface area contributed by atoms with E-state index < -0.39 is 11.6 Å². The molecule has 2 aromatic carbocycles. The molecule has 3 rings (SSSR count). The van der Waals surface area contributed by atoms with Gasteiger partial charge in [-0.15, -0.1) is 0 Å². The summed E-state index contributed by atoms with van der Waals surface area (Å²) in [5, 5.41) is 0. The lowest BCUT2D eigenvalue weighted by Gasteiger charge is -2.03. The first-order valence-corrected chi connectivity index (χ1v) is 6.53. The Morgan fingerprint density at radius 2 is 1.95 bits per heavy atom. The molecule has 4 heteroatoms. The quantitative estimate of drug-likeness (QED) is 0.737. The fraction of sp³-hybridized carbons (Fsp3) is 0.188. The minimum atomic E-state index is -0.608. The van der Waals surface area contributed by atoms with E-state index in [9.17, 15) is 8.78 Å². The van der Waals surface area contributed by atoms with Crippen LogP contribution >= 0.6 is 0 Å². The second-order valence-corrected chi connectivity index (χ2v) is 4.84. The van der Waals surface area contributed by atoms with Gasteiger partial charge in [0, 0.05) is 0 Å². The lowest BCUT2D eigenvalue weighted by molar-refractivity contribution is 0.582. The van der Waals surface area contributed by atoms with Crippen molar-refractivity contribution in [3.05, 3.63) is 53.1 Å². The molecule has 0 saturated heterocycles. The molecule has 1 aromatic heterocycles. The van der Waals surface area contributed by atoms with Crippen molar-refractivity contribution in [2.75, 3.05) is 0 Å². The van der Waals surface area contributed by atoms with Gasteiger partial charge in [0.2, 0.25) is 0 Å². The molecule has 0 aliphatic heterocycles. The van der Waals surface area contributed by atoms with E-state index in [1.807, 2.05) is 18.2 Å². The first-order chi connectivity index (χ1) is 9.60. The fourth-order valence-corrected chi connectivity index (χ4v) is 2.27. The predicted octanol–water partition coefficient (Wildman–Crippen LogP) is 4.38. The molecule has 0 fully saturated rings. The lowest BCUT2D eigenvalue weighted by Crippen LogP contribution is -1.94. The number of nitrogens with zero attached hydrogens (tertiary/aromatic N) is 1. The molecule has 20 heavy (non-hydrogen) atoms. The van der Waals surface area contributed by atoms with Crippen molar-refractivity contribution in [1.82, 2.24) is 9.97 Å². The Morgan fingerprint density at radius 1 is 1.15 bits per heavy atom. The molecule has 0 aliphatic rings. The number of rotatable bonds is 2. The third kappa shape index (κ3) is 1.97. The highest BCUT2D eigenvalue weighted by Gasteiger charge is 2.17. The number of aromatic amines is 1. The zero-order valence-electron chi connectivity index (χ0n) is 11.3. The van der Waals surface area contributed by atoms with Crippen LogP contribution < -0.4 is 0 Å². The maximum absolute atomic E-state index is 14.1. The summed E-state index contributed by atoms with van der Waals surface area (Å²) in [6.07, 6.45) is 0.900. The van der Waals surface area contributed by atoms with Gasteiger partial charge in [-0.3, -0.25) is 0 Å². The van der Waals surface area contributed by atoms with Crippen LogP contribution in [0, 0.1) is 18.6 Å². The van der Waals surface area contributed by atoms with Crippen molar-refractivity contribution in [2.24, 2.45) is 0 Å². The number of fused-ring (bicyclic) bond motifs is 1. The molecule has 0 atom stereocenters. The van der Waals surface area contributed by atoms with Crippen molar-refractivity contribution >= 4 is 11.0 Å². The molecule has 0 spiro atoms. The van der Waals surface area contributed by atoms with Crippen LogP contribution in [0.3, 0.4) is 0 Å². The number of aryl methyl sites for hydroxylation is 2. The van der Waals surface area contributed by atoms with Crippen LogP contribution in [0.1, 0.15) is 18.1 Å². The van der Waals surface area contributed by atoms with E-state index in [2.05, 4.69) is 16.9 Å². The van der Waals surface area contributed by atoms with Crippen molar-refractivity contribution in [3.8, 4) is 11.4 Å². The monoisotopic (exact) mass is 272 g/mol. The standard InChI is InChI=1S/C16H14F2N2/c1-3-10-5-7-12-13(8-10)20-16(19-12)14-11(17)6-4-9(2)15(14)18/h4-8H,3H2,1-2H3,(H,19,20). The summed E-state index contributed by atoms with van der Waals surface area (Å²) in [7, 11) is 0. The molecule has 0 radical (unpaired) electrons. The Hall–Kier alpha value is -2.23. The van der Waals surface area contributed by atoms with E-state index >= 15 is 0 Å². The molecule has 0 saturated carbocycles. The molecular weight excluding hydrogens is 258 g/mol. The van der Waals surface area contributed by atoms with E-state index in [0.717, 1.165) is 17.5 Å². The Bertz CT molecular complexity index is 791. The first-order valence-electron chi connectivity index (χ1n) is 6.53. The predicted molar refractivity (Wildman–Crippen MR) is 75.6 cm³/mol. The van der Waals surface area contributed by atoms with Crippen LogP contribution in [0.25, 0.3) is 22.4 Å². The SMILES string of the molecule is CCc1ccc2nc(-c3c(F)ccc(C)c3F)[nH]c2c1. The summed E-state index contributed by atoms with van der Waals surface area (Å²) in [6, 6.07) is 8.47. The van der Waals surface area contributed by atoms with Crippen LogP contribution in [-0.2, 0) is 6.42 Å². The second-order valence-electron chi connectivity index (χ2n) is 4.84. The zero-order valence-corrected chi connectivity index (χ0v) is 11.3. The smallest absolute Gasteiger partial charge is 0.144 e. The van der Waals surface area contributed by atoms with Gasteiger partial charge in [0.25, 0.3) is 0 Å². The number of halogens is 2. The van der Waals surface area contributed by atoms with Crippen LogP contribution in [-0.4, -0.2) is 9.97 Å². The molecular formula is C16H14F2N2. The Labute approximate surface area is 115 Å². The number of hydrogen-bond donors (Lipinski definition) is 1. The maximum Gasteiger partial charge on any atom is 0.144 e. The Balaban J connectivity index is 2.22. The molecule has 3 aromatic rings. The van der Waals surface area contributed by atoms with Crippen LogP contribution in [0.5, 0.6) is 0 Å². The maximum atomic E-state index is 14.1. The van der Waals surface area contributed by atoms with Crippen molar-refractivity contribution < 1.29 is 8.78 Å². The largest absolute Gasteiger partial charge is 0.338 e. The fourth-order valence-electron chi connectivity index (χ4n) is 2.27. The number of nitrogens with one attached hydrogen (secondary N) is 1. The highest BCUT2D eigenvalue weighted by atomic mass is 19.1. The van der Waals surface area contributed by atoms with E-state index in [4.69, 9.17) is 0 Å². The topological polar surface area (TPSA) is 28.7 Å². The average Bonchev–Trinajstić information content (AvgIpc) is 2.85. The van der Waals surface area contributed by atoms with Crippen LogP contribution in [0.15, 0.2) is 30.3 Å².